The smallest absolute Gasteiger partial charge is 0.283 e. The lowest BCUT2D eigenvalue weighted by atomic mass is 10.4. The van der Waals surface area contributed by atoms with Crippen molar-refractivity contribution in [2.24, 2.45) is 0 Å². The molecule has 7 nitrogen and oxygen atoms in total. The lowest BCUT2D eigenvalue weighted by Gasteiger charge is -2.08. The fourth-order valence-electron chi connectivity index (χ4n) is 1.18. The Balaban J connectivity index is 2.38. The van der Waals surface area contributed by atoms with Crippen LogP contribution in [-0.4, -0.2) is 30.6 Å². The van der Waals surface area contributed by atoms with Gasteiger partial charge in [0.05, 0.1) is 5.69 Å². The maximum absolute atomic E-state index is 12.0. The summed E-state index contributed by atoms with van der Waals surface area (Å²) < 4.78 is 26.3. The van der Waals surface area contributed by atoms with Gasteiger partial charge in [-0.15, -0.1) is 10.2 Å². The molecule has 0 aliphatic carbocycles. The molecule has 2 aromatic rings. The van der Waals surface area contributed by atoms with Crippen molar-refractivity contribution in [1.82, 2.24) is 15.2 Å². The first-order valence-electron chi connectivity index (χ1n) is 4.55. The molecule has 90 valence electrons. The summed E-state index contributed by atoms with van der Waals surface area (Å²) in [6.07, 6.45) is 1.41. The van der Waals surface area contributed by atoms with Crippen LogP contribution < -0.4 is 10.0 Å². The second-order valence-electron chi connectivity index (χ2n) is 2.96. The number of aromatic nitrogens is 3. The molecule has 9 heteroatoms. The van der Waals surface area contributed by atoms with Gasteiger partial charge >= 0.3 is 0 Å². The molecule has 0 fully saturated rings. The third kappa shape index (κ3) is 2.50. The van der Waals surface area contributed by atoms with Crippen LogP contribution in [0.1, 0.15) is 0 Å². The van der Waals surface area contributed by atoms with Crippen molar-refractivity contribution in [3.05, 3.63) is 23.8 Å². The molecule has 0 atom stereocenters. The van der Waals surface area contributed by atoms with Crippen LogP contribution in [0.4, 0.5) is 10.8 Å². The van der Waals surface area contributed by atoms with Crippen LogP contribution in [0.15, 0.2) is 28.9 Å². The zero-order valence-electron chi connectivity index (χ0n) is 8.78. The van der Waals surface area contributed by atoms with Crippen LogP contribution >= 0.6 is 11.3 Å². The van der Waals surface area contributed by atoms with Gasteiger partial charge in [0.25, 0.3) is 10.0 Å². The molecule has 0 saturated carbocycles. The molecule has 0 aliphatic rings. The van der Waals surface area contributed by atoms with Crippen molar-refractivity contribution in [2.75, 3.05) is 17.1 Å². The molecule has 2 rings (SSSR count). The summed E-state index contributed by atoms with van der Waals surface area (Å²) in [6.45, 7) is 0. The van der Waals surface area contributed by atoms with Gasteiger partial charge in [-0.3, -0.25) is 4.72 Å². The molecule has 0 spiro atoms. The number of sulfonamides is 1. The molecule has 2 heterocycles. The van der Waals surface area contributed by atoms with Crippen molar-refractivity contribution in [1.29, 1.82) is 0 Å². The molecule has 0 aromatic carbocycles. The van der Waals surface area contributed by atoms with Gasteiger partial charge in [0.15, 0.2) is 5.03 Å². The molecule has 0 bridgehead atoms. The second-order valence-corrected chi connectivity index (χ2v) is 5.39. The Hall–Kier alpha value is -1.74. The van der Waals surface area contributed by atoms with Crippen LogP contribution in [0.2, 0.25) is 0 Å². The van der Waals surface area contributed by atoms with Gasteiger partial charge in [-0.2, -0.15) is 8.42 Å². The van der Waals surface area contributed by atoms with E-state index in [0.717, 1.165) is 11.3 Å². The lowest BCUT2D eigenvalue weighted by Crippen LogP contribution is -2.16. The highest BCUT2D eigenvalue weighted by Gasteiger charge is 2.20. The fraction of sp³-hybridized carbons (Fsp3) is 0.125. The molecule has 17 heavy (non-hydrogen) atoms. The zero-order chi connectivity index (χ0) is 12.3. The van der Waals surface area contributed by atoms with Gasteiger partial charge in [-0.05, 0) is 12.1 Å². The van der Waals surface area contributed by atoms with Crippen molar-refractivity contribution in [2.45, 2.75) is 5.03 Å². The van der Waals surface area contributed by atoms with Gasteiger partial charge in [0.1, 0.15) is 5.51 Å². The van der Waals surface area contributed by atoms with E-state index in [1.54, 1.807) is 19.2 Å². The standard InChI is InChI=1S/C8H9N5O2S2/c1-9-6-3-2-4-10-7(6)17(14,15)13-8-12-11-5-16-8/h2-5,9H,1H3,(H,12,13). The molecule has 2 N–H and O–H groups in total. The highest BCUT2D eigenvalue weighted by molar-refractivity contribution is 7.93. The van der Waals surface area contributed by atoms with Gasteiger partial charge in [-0.25, -0.2) is 4.98 Å². The van der Waals surface area contributed by atoms with E-state index in [0.29, 0.717) is 5.69 Å². The maximum atomic E-state index is 12.0. The predicted octanol–water partition coefficient (Wildman–Crippen LogP) is 0.776. The SMILES string of the molecule is CNc1cccnc1S(=O)(=O)Nc1nncs1. The van der Waals surface area contributed by atoms with Crippen molar-refractivity contribution in [3.8, 4) is 0 Å². The van der Waals surface area contributed by atoms with E-state index in [1.165, 1.54) is 11.7 Å². The Morgan fingerprint density at radius 2 is 2.24 bits per heavy atom. The van der Waals surface area contributed by atoms with E-state index in [-0.39, 0.29) is 10.2 Å². The minimum atomic E-state index is -3.74. The average molecular weight is 271 g/mol. The number of hydrogen-bond acceptors (Lipinski definition) is 7. The van der Waals surface area contributed by atoms with Crippen LogP contribution in [0.25, 0.3) is 0 Å². The number of nitrogens with zero attached hydrogens (tertiary/aromatic N) is 3. The van der Waals surface area contributed by atoms with E-state index >= 15 is 0 Å². The van der Waals surface area contributed by atoms with E-state index in [1.807, 2.05) is 0 Å². The minimum absolute atomic E-state index is 0.0716. The molecule has 0 unspecified atom stereocenters. The summed E-state index contributed by atoms with van der Waals surface area (Å²) in [4.78, 5) is 3.85. The molecule has 0 aliphatic heterocycles. The number of hydrogen-bond donors (Lipinski definition) is 2. The van der Waals surface area contributed by atoms with Gasteiger partial charge in [0.2, 0.25) is 5.13 Å². The minimum Gasteiger partial charge on any atom is -0.386 e. The third-order valence-electron chi connectivity index (χ3n) is 1.88. The van der Waals surface area contributed by atoms with Gasteiger partial charge < -0.3 is 5.32 Å². The molecular formula is C8H9N5O2S2. The number of nitrogens with one attached hydrogen (secondary N) is 2. The normalized spacial score (nSPS) is 11.1. The Morgan fingerprint density at radius 1 is 1.41 bits per heavy atom. The summed E-state index contributed by atoms with van der Waals surface area (Å²) in [7, 11) is -2.12. The Labute approximate surface area is 102 Å². The highest BCUT2D eigenvalue weighted by Crippen LogP contribution is 2.21. The molecule has 2 aromatic heterocycles. The van der Waals surface area contributed by atoms with E-state index < -0.39 is 10.0 Å². The number of rotatable bonds is 4. The van der Waals surface area contributed by atoms with Gasteiger partial charge in [-0.1, -0.05) is 11.3 Å². The molecule has 0 amide bonds. The first-order chi connectivity index (χ1) is 8.13. The second kappa shape index (κ2) is 4.63. The Kier molecular flexibility index (Phi) is 3.20. The van der Waals surface area contributed by atoms with Crippen molar-refractivity contribution < 1.29 is 8.42 Å². The van der Waals surface area contributed by atoms with E-state index in [2.05, 4.69) is 25.2 Å². The highest BCUT2D eigenvalue weighted by atomic mass is 32.2. The summed E-state index contributed by atoms with van der Waals surface area (Å²) in [5.74, 6) is 0. The van der Waals surface area contributed by atoms with E-state index in [4.69, 9.17) is 0 Å². The first kappa shape index (κ1) is 11.7. The summed E-state index contributed by atoms with van der Waals surface area (Å²) in [5, 5.41) is 10.1. The Morgan fingerprint density at radius 3 is 2.88 bits per heavy atom. The largest absolute Gasteiger partial charge is 0.386 e. The summed E-state index contributed by atoms with van der Waals surface area (Å²) in [6, 6.07) is 3.28. The van der Waals surface area contributed by atoms with Crippen molar-refractivity contribution >= 4 is 32.2 Å². The zero-order valence-corrected chi connectivity index (χ0v) is 10.4. The Bertz CT molecular complexity index is 596. The maximum Gasteiger partial charge on any atom is 0.283 e. The predicted molar refractivity (Wildman–Crippen MR) is 64.5 cm³/mol. The first-order valence-corrected chi connectivity index (χ1v) is 6.91. The topological polar surface area (TPSA) is 96.9 Å². The number of pyridine rings is 1. The molecular weight excluding hydrogens is 262 g/mol. The average Bonchev–Trinajstić information content (AvgIpc) is 2.81. The summed E-state index contributed by atoms with van der Waals surface area (Å²) >= 11 is 1.10. The van der Waals surface area contributed by atoms with Crippen LogP contribution in [-0.2, 0) is 10.0 Å². The van der Waals surface area contributed by atoms with Crippen molar-refractivity contribution in [3.63, 3.8) is 0 Å². The third-order valence-corrected chi connectivity index (χ3v) is 3.91. The van der Waals surface area contributed by atoms with Crippen LogP contribution in [0.3, 0.4) is 0 Å². The quantitative estimate of drug-likeness (QED) is 0.852. The molecule has 0 radical (unpaired) electrons. The number of anilines is 2. The van der Waals surface area contributed by atoms with Gasteiger partial charge in [0, 0.05) is 13.2 Å². The van der Waals surface area contributed by atoms with E-state index in [9.17, 15) is 8.42 Å². The monoisotopic (exact) mass is 271 g/mol. The molecule has 0 saturated heterocycles. The summed E-state index contributed by atoms with van der Waals surface area (Å²) in [5.41, 5.74) is 1.86. The van der Waals surface area contributed by atoms with Crippen LogP contribution in [0, 0.1) is 0 Å². The lowest BCUT2D eigenvalue weighted by molar-refractivity contribution is 0.598. The fourth-order valence-corrected chi connectivity index (χ4v) is 3.01. The van der Waals surface area contributed by atoms with Crippen LogP contribution in [0.5, 0.6) is 0 Å².